The van der Waals surface area contributed by atoms with Crippen molar-refractivity contribution in [2.75, 3.05) is 18.9 Å². The number of rotatable bonds is 10. The number of fused-ring (bicyclic) bond motifs is 1. The quantitative estimate of drug-likeness (QED) is 0.116. The van der Waals surface area contributed by atoms with Crippen molar-refractivity contribution in [3.63, 3.8) is 0 Å². The van der Waals surface area contributed by atoms with Gasteiger partial charge in [-0.25, -0.2) is 28.5 Å². The van der Waals surface area contributed by atoms with Gasteiger partial charge in [0.2, 0.25) is 6.29 Å². The zero-order valence-electron chi connectivity index (χ0n) is 19.9. The molecule has 226 valence electrons. The summed E-state index contributed by atoms with van der Waals surface area (Å²) >= 11 is 0. The first kappa shape index (κ1) is 31.2. The van der Waals surface area contributed by atoms with E-state index in [-0.39, 0.29) is 17.0 Å². The number of imidazole rings is 1. The molecule has 2 aromatic rings. The van der Waals surface area contributed by atoms with Crippen molar-refractivity contribution < 1.29 is 76.8 Å². The Balaban J connectivity index is 1.38. The van der Waals surface area contributed by atoms with Crippen LogP contribution in [0.4, 0.5) is 10.2 Å². The van der Waals surface area contributed by atoms with E-state index < -0.39 is 90.3 Å². The summed E-state index contributed by atoms with van der Waals surface area (Å²) in [6.45, 7) is -2.01. The summed E-state index contributed by atoms with van der Waals surface area (Å²) in [5.74, 6) is 0.0224. The van der Waals surface area contributed by atoms with Crippen LogP contribution in [0.5, 0.6) is 0 Å². The SMILES string of the molecule is Nc1ncnc2c1ncn2[C@@H]1O[C@H](COP(=O)(O)OP(=O)(O)O[C@@H]2O[C@H]([C@@H](O)CO)[C@@H](O)[C@H](O)[C@@H]2F)[C@@H](O)[C@H]1O. The predicted molar refractivity (Wildman–Crippen MR) is 122 cm³/mol. The zero-order valence-corrected chi connectivity index (χ0v) is 21.7. The molecule has 2 aliphatic rings. The molecule has 2 aromatic heterocycles. The monoisotopic (exact) mass is 621 g/mol. The van der Waals surface area contributed by atoms with Crippen molar-refractivity contribution in [3.8, 4) is 0 Å². The van der Waals surface area contributed by atoms with E-state index in [0.29, 0.717) is 0 Å². The molecule has 2 aliphatic heterocycles. The lowest BCUT2D eigenvalue weighted by Crippen LogP contribution is -2.60. The Kier molecular flexibility index (Phi) is 9.22. The van der Waals surface area contributed by atoms with Gasteiger partial charge in [0.1, 0.15) is 54.6 Å². The maximum Gasteiger partial charge on any atom is 0.483 e. The van der Waals surface area contributed by atoms with E-state index >= 15 is 0 Å². The maximum absolute atomic E-state index is 14.4. The number of phosphoric ester groups is 2. The number of nitrogen functional groups attached to an aromatic ring is 1. The molecule has 2 unspecified atom stereocenters. The van der Waals surface area contributed by atoms with Crippen LogP contribution in [0.25, 0.3) is 11.2 Å². The standard InChI is InChI=1S/C17H26FN5O15P2/c18-7-10(27)11(28)13(5(25)1-24)36-17(7)37-40(32,33)38-39(30,31)34-2-6-9(26)12(29)16(35-6)23-4-22-8-14(19)20-3-21-15(8)23/h3-7,9-13,16-17,24-29H,1-2H2,(H,30,31)(H,32,33)(H2,19,20,21)/t5-,6+,7-,9+,10+,11-,12+,13+,16+,17-/m0/s1. The topological polar surface area (TPSA) is 312 Å². The molecule has 0 saturated carbocycles. The molecule has 4 rings (SSSR count). The number of anilines is 1. The summed E-state index contributed by atoms with van der Waals surface area (Å²) in [5.41, 5.74) is 6.00. The summed E-state index contributed by atoms with van der Waals surface area (Å²) < 4.78 is 63.5. The molecule has 4 heterocycles. The van der Waals surface area contributed by atoms with Crippen molar-refractivity contribution in [1.29, 1.82) is 0 Å². The van der Waals surface area contributed by atoms with E-state index in [0.717, 1.165) is 6.33 Å². The van der Waals surface area contributed by atoms with Gasteiger partial charge in [0.25, 0.3) is 0 Å². The van der Waals surface area contributed by atoms with Crippen molar-refractivity contribution in [3.05, 3.63) is 12.7 Å². The highest BCUT2D eigenvalue weighted by molar-refractivity contribution is 7.61. The predicted octanol–water partition coefficient (Wildman–Crippen LogP) is -3.58. The molecular weight excluding hydrogens is 595 g/mol. The molecule has 12 atom stereocenters. The highest BCUT2D eigenvalue weighted by atomic mass is 31.3. The van der Waals surface area contributed by atoms with Crippen LogP contribution in [-0.2, 0) is 32.0 Å². The van der Waals surface area contributed by atoms with Gasteiger partial charge in [0.05, 0.1) is 19.5 Å². The summed E-state index contributed by atoms with van der Waals surface area (Å²) in [7, 11) is -11.3. The highest BCUT2D eigenvalue weighted by Crippen LogP contribution is 2.61. The number of hydrogen-bond donors (Lipinski definition) is 9. The molecule has 0 amide bonds. The second kappa shape index (κ2) is 11.8. The number of hydrogen-bond acceptors (Lipinski definition) is 17. The van der Waals surface area contributed by atoms with E-state index in [4.69, 9.17) is 20.3 Å². The van der Waals surface area contributed by atoms with Crippen molar-refractivity contribution >= 4 is 32.6 Å². The molecule has 0 spiro atoms. The number of halogens is 1. The molecule has 0 aliphatic carbocycles. The van der Waals surface area contributed by atoms with Gasteiger partial charge >= 0.3 is 15.6 Å². The Labute approximate surface area is 222 Å². The first-order valence-corrected chi connectivity index (χ1v) is 14.2. The van der Waals surface area contributed by atoms with E-state index in [2.05, 4.69) is 28.3 Å². The molecule has 0 bridgehead atoms. The summed E-state index contributed by atoms with van der Waals surface area (Å²) in [4.78, 5) is 31.5. The van der Waals surface area contributed by atoms with Gasteiger partial charge in [-0.05, 0) is 0 Å². The summed E-state index contributed by atoms with van der Waals surface area (Å²) in [5, 5.41) is 59.0. The second-order valence-corrected chi connectivity index (χ2v) is 11.7. The number of aliphatic hydroxyl groups is 6. The van der Waals surface area contributed by atoms with Crippen LogP contribution in [0.15, 0.2) is 12.7 Å². The first-order chi connectivity index (χ1) is 18.7. The fourth-order valence-corrected chi connectivity index (χ4v) is 6.13. The van der Waals surface area contributed by atoms with Gasteiger partial charge in [-0.3, -0.25) is 13.6 Å². The minimum atomic E-state index is -5.73. The van der Waals surface area contributed by atoms with Crippen LogP contribution < -0.4 is 5.73 Å². The number of phosphoric acid groups is 2. The Morgan fingerprint density at radius 1 is 1.05 bits per heavy atom. The van der Waals surface area contributed by atoms with Crippen LogP contribution in [0.1, 0.15) is 6.23 Å². The summed E-state index contributed by atoms with van der Waals surface area (Å²) in [6.07, 6.45) is -17.3. The normalized spacial score (nSPS) is 36.8. The smallest absolute Gasteiger partial charge is 0.394 e. The third-order valence-corrected chi connectivity index (χ3v) is 8.57. The lowest BCUT2D eigenvalue weighted by atomic mass is 9.96. The number of nitrogens with two attached hydrogens (primary N) is 1. The van der Waals surface area contributed by atoms with Gasteiger partial charge in [-0.15, -0.1) is 0 Å². The summed E-state index contributed by atoms with van der Waals surface area (Å²) in [6, 6.07) is 0. The Morgan fingerprint density at radius 2 is 1.75 bits per heavy atom. The van der Waals surface area contributed by atoms with Crippen molar-refractivity contribution in [1.82, 2.24) is 19.5 Å². The van der Waals surface area contributed by atoms with Crippen LogP contribution >= 0.6 is 15.6 Å². The van der Waals surface area contributed by atoms with Crippen LogP contribution in [-0.4, -0.2) is 128 Å². The molecule has 23 heteroatoms. The van der Waals surface area contributed by atoms with Gasteiger partial charge in [0, 0.05) is 0 Å². The van der Waals surface area contributed by atoms with E-state index in [9.17, 15) is 48.8 Å². The average Bonchev–Trinajstić information content (AvgIpc) is 3.43. The Bertz CT molecular complexity index is 1290. The molecule has 40 heavy (non-hydrogen) atoms. The molecule has 10 N–H and O–H groups in total. The van der Waals surface area contributed by atoms with Gasteiger partial charge < -0.3 is 55.6 Å². The minimum absolute atomic E-state index is 0.0224. The zero-order chi connectivity index (χ0) is 29.6. The number of aliphatic hydroxyl groups excluding tert-OH is 6. The number of ether oxygens (including phenoxy) is 2. The second-order valence-electron chi connectivity index (χ2n) is 8.69. The maximum atomic E-state index is 14.4. The molecular formula is C17H26FN5O15P2. The van der Waals surface area contributed by atoms with Crippen molar-refractivity contribution in [2.45, 2.75) is 61.4 Å². The highest BCUT2D eigenvalue weighted by Gasteiger charge is 2.52. The van der Waals surface area contributed by atoms with E-state index in [1.165, 1.54) is 10.9 Å². The lowest BCUT2D eigenvalue weighted by Gasteiger charge is -2.40. The van der Waals surface area contributed by atoms with Crippen LogP contribution in [0.3, 0.4) is 0 Å². The largest absolute Gasteiger partial charge is 0.483 e. The third kappa shape index (κ3) is 6.33. The fraction of sp³-hybridized carbons (Fsp3) is 0.706. The number of alkyl halides is 1. The minimum Gasteiger partial charge on any atom is -0.394 e. The third-order valence-electron chi connectivity index (χ3n) is 5.97. The number of aromatic nitrogens is 4. The van der Waals surface area contributed by atoms with E-state index in [1.54, 1.807) is 0 Å². The van der Waals surface area contributed by atoms with Gasteiger partial charge in [0.15, 0.2) is 23.9 Å². The van der Waals surface area contributed by atoms with E-state index in [1.807, 2.05) is 0 Å². The van der Waals surface area contributed by atoms with Crippen LogP contribution in [0.2, 0.25) is 0 Å². The first-order valence-electron chi connectivity index (χ1n) is 11.2. The van der Waals surface area contributed by atoms with Gasteiger partial charge in [-0.2, -0.15) is 4.31 Å². The fourth-order valence-electron chi connectivity index (χ4n) is 3.98. The average molecular weight is 621 g/mol. The Morgan fingerprint density at radius 3 is 2.42 bits per heavy atom. The molecule has 20 nitrogen and oxygen atoms in total. The van der Waals surface area contributed by atoms with Crippen LogP contribution in [0, 0.1) is 0 Å². The molecule has 0 aromatic carbocycles. The molecule has 2 fully saturated rings. The molecule has 0 radical (unpaired) electrons. The van der Waals surface area contributed by atoms with Gasteiger partial charge in [-0.1, -0.05) is 0 Å². The lowest BCUT2D eigenvalue weighted by molar-refractivity contribution is -0.279. The number of nitrogens with zero attached hydrogens (tertiary/aromatic N) is 4. The molecule has 2 saturated heterocycles. The van der Waals surface area contributed by atoms with Crippen molar-refractivity contribution in [2.24, 2.45) is 0 Å². The Hall–Kier alpha value is -1.78.